The van der Waals surface area contributed by atoms with E-state index in [0.29, 0.717) is 18.3 Å². The summed E-state index contributed by atoms with van der Waals surface area (Å²) in [4.78, 5) is 4.27. The average Bonchev–Trinajstić information content (AvgIpc) is 2.20. The minimum atomic E-state index is 0.249. The molecule has 1 heterocycles. The van der Waals surface area contributed by atoms with Crippen LogP contribution in [0.2, 0.25) is 0 Å². The summed E-state index contributed by atoms with van der Waals surface area (Å²) in [6.07, 6.45) is 2.79. The molecule has 0 aliphatic rings. The standard InChI is InChI=1S/C12H18N2O/c1-4-5-9(2)13-8-11-12(15)7-6-10(3)14-11/h4,6-7,9,13,15H,1,5,8H2,2-3H3. The minimum absolute atomic E-state index is 0.249. The highest BCUT2D eigenvalue weighted by molar-refractivity contribution is 5.27. The van der Waals surface area contributed by atoms with Crippen LogP contribution in [-0.4, -0.2) is 16.1 Å². The Kier molecular flexibility index (Phi) is 4.31. The first-order valence-corrected chi connectivity index (χ1v) is 5.13. The zero-order valence-corrected chi connectivity index (χ0v) is 9.33. The van der Waals surface area contributed by atoms with Gasteiger partial charge in [-0.3, -0.25) is 4.98 Å². The summed E-state index contributed by atoms with van der Waals surface area (Å²) < 4.78 is 0. The summed E-state index contributed by atoms with van der Waals surface area (Å²) in [6, 6.07) is 3.83. The Morgan fingerprint density at radius 1 is 1.60 bits per heavy atom. The van der Waals surface area contributed by atoms with Crippen LogP contribution in [-0.2, 0) is 6.54 Å². The molecule has 82 valence electrons. The lowest BCUT2D eigenvalue weighted by Crippen LogP contribution is -2.25. The molecule has 0 radical (unpaired) electrons. The highest BCUT2D eigenvalue weighted by Gasteiger charge is 2.04. The fourth-order valence-electron chi connectivity index (χ4n) is 1.34. The highest BCUT2D eigenvalue weighted by atomic mass is 16.3. The summed E-state index contributed by atoms with van der Waals surface area (Å²) in [6.45, 7) is 8.26. The SMILES string of the molecule is C=CCC(C)NCc1nc(C)ccc1O. The highest BCUT2D eigenvalue weighted by Crippen LogP contribution is 2.14. The Morgan fingerprint density at radius 2 is 2.33 bits per heavy atom. The van der Waals surface area contributed by atoms with E-state index in [0.717, 1.165) is 12.1 Å². The van der Waals surface area contributed by atoms with Crippen LogP contribution in [0.1, 0.15) is 24.7 Å². The predicted molar refractivity (Wildman–Crippen MR) is 61.8 cm³/mol. The van der Waals surface area contributed by atoms with E-state index < -0.39 is 0 Å². The second-order valence-corrected chi connectivity index (χ2v) is 3.72. The molecule has 0 aliphatic carbocycles. The molecular weight excluding hydrogens is 188 g/mol. The normalized spacial score (nSPS) is 12.4. The van der Waals surface area contributed by atoms with E-state index in [1.54, 1.807) is 12.1 Å². The minimum Gasteiger partial charge on any atom is -0.506 e. The number of aromatic hydroxyl groups is 1. The number of aromatic nitrogens is 1. The third-order valence-electron chi connectivity index (χ3n) is 2.23. The molecule has 0 bridgehead atoms. The largest absolute Gasteiger partial charge is 0.506 e. The van der Waals surface area contributed by atoms with Crippen LogP contribution in [0.25, 0.3) is 0 Å². The van der Waals surface area contributed by atoms with Crippen LogP contribution in [0.4, 0.5) is 0 Å². The van der Waals surface area contributed by atoms with Crippen molar-refractivity contribution in [3.63, 3.8) is 0 Å². The van der Waals surface area contributed by atoms with Crippen LogP contribution >= 0.6 is 0 Å². The summed E-state index contributed by atoms with van der Waals surface area (Å²) in [5.41, 5.74) is 1.62. The van der Waals surface area contributed by atoms with Crippen molar-refractivity contribution in [3.8, 4) is 5.75 Å². The molecule has 0 saturated heterocycles. The van der Waals surface area contributed by atoms with Crippen LogP contribution in [0, 0.1) is 6.92 Å². The van der Waals surface area contributed by atoms with Crippen molar-refractivity contribution in [2.24, 2.45) is 0 Å². The van der Waals surface area contributed by atoms with Gasteiger partial charge < -0.3 is 10.4 Å². The number of hydrogen-bond donors (Lipinski definition) is 2. The molecule has 0 saturated carbocycles. The topological polar surface area (TPSA) is 45.2 Å². The number of aryl methyl sites for hydroxylation is 1. The first-order valence-electron chi connectivity index (χ1n) is 5.13. The maximum atomic E-state index is 9.56. The fourth-order valence-corrected chi connectivity index (χ4v) is 1.34. The van der Waals surface area contributed by atoms with Crippen molar-refractivity contribution in [1.82, 2.24) is 10.3 Å². The van der Waals surface area contributed by atoms with Gasteiger partial charge in [0.25, 0.3) is 0 Å². The molecule has 3 heteroatoms. The molecule has 1 aromatic heterocycles. The lowest BCUT2D eigenvalue weighted by molar-refractivity contribution is 0.453. The van der Waals surface area contributed by atoms with Gasteiger partial charge in [-0.2, -0.15) is 0 Å². The third-order valence-corrected chi connectivity index (χ3v) is 2.23. The van der Waals surface area contributed by atoms with E-state index in [4.69, 9.17) is 0 Å². The van der Waals surface area contributed by atoms with Gasteiger partial charge in [-0.15, -0.1) is 6.58 Å². The van der Waals surface area contributed by atoms with Crippen molar-refractivity contribution >= 4 is 0 Å². The smallest absolute Gasteiger partial charge is 0.138 e. The van der Waals surface area contributed by atoms with Crippen molar-refractivity contribution in [3.05, 3.63) is 36.2 Å². The Hall–Kier alpha value is -1.35. The maximum Gasteiger partial charge on any atom is 0.138 e. The Balaban J connectivity index is 2.56. The summed E-state index contributed by atoms with van der Waals surface area (Å²) >= 11 is 0. The Bertz CT molecular complexity index is 336. The zero-order valence-electron chi connectivity index (χ0n) is 9.33. The van der Waals surface area contributed by atoms with Crippen molar-refractivity contribution in [2.45, 2.75) is 32.9 Å². The van der Waals surface area contributed by atoms with Crippen molar-refractivity contribution in [2.75, 3.05) is 0 Å². The molecule has 15 heavy (non-hydrogen) atoms. The number of nitrogens with one attached hydrogen (secondary N) is 1. The number of rotatable bonds is 5. The molecule has 0 spiro atoms. The number of pyridine rings is 1. The van der Waals surface area contributed by atoms with Gasteiger partial charge in [0.05, 0.1) is 5.69 Å². The van der Waals surface area contributed by atoms with Gasteiger partial charge in [0.15, 0.2) is 0 Å². The van der Waals surface area contributed by atoms with Crippen LogP contribution in [0.3, 0.4) is 0 Å². The Labute approximate surface area is 90.9 Å². The van der Waals surface area contributed by atoms with Crippen LogP contribution in [0.5, 0.6) is 5.75 Å². The van der Waals surface area contributed by atoms with E-state index in [2.05, 4.69) is 23.8 Å². The zero-order chi connectivity index (χ0) is 11.3. The van der Waals surface area contributed by atoms with Gasteiger partial charge in [0.1, 0.15) is 5.75 Å². The van der Waals surface area contributed by atoms with Gasteiger partial charge in [0.2, 0.25) is 0 Å². The molecule has 1 aromatic rings. The molecular formula is C12H18N2O. The monoisotopic (exact) mass is 206 g/mol. The predicted octanol–water partition coefficient (Wildman–Crippen LogP) is 2.15. The van der Waals surface area contributed by atoms with Gasteiger partial charge in [0, 0.05) is 18.3 Å². The second kappa shape index (κ2) is 5.51. The summed E-state index contributed by atoms with van der Waals surface area (Å²) in [5, 5.41) is 12.8. The second-order valence-electron chi connectivity index (χ2n) is 3.72. The third kappa shape index (κ3) is 3.72. The maximum absolute atomic E-state index is 9.56. The van der Waals surface area contributed by atoms with E-state index in [-0.39, 0.29) is 5.75 Å². The molecule has 0 aromatic carbocycles. The van der Waals surface area contributed by atoms with Crippen molar-refractivity contribution in [1.29, 1.82) is 0 Å². The Morgan fingerprint density at radius 3 is 3.00 bits per heavy atom. The lowest BCUT2D eigenvalue weighted by Gasteiger charge is -2.12. The first kappa shape index (κ1) is 11.7. The average molecular weight is 206 g/mol. The molecule has 0 aliphatic heterocycles. The van der Waals surface area contributed by atoms with Gasteiger partial charge >= 0.3 is 0 Å². The molecule has 2 N–H and O–H groups in total. The molecule has 0 amide bonds. The fraction of sp³-hybridized carbons (Fsp3) is 0.417. The molecule has 1 unspecified atom stereocenters. The van der Waals surface area contributed by atoms with Gasteiger partial charge in [-0.1, -0.05) is 6.08 Å². The van der Waals surface area contributed by atoms with Crippen molar-refractivity contribution < 1.29 is 5.11 Å². The molecule has 0 fully saturated rings. The first-order chi connectivity index (χ1) is 7.13. The summed E-state index contributed by atoms with van der Waals surface area (Å²) in [7, 11) is 0. The van der Waals surface area contributed by atoms with Crippen LogP contribution < -0.4 is 5.32 Å². The van der Waals surface area contributed by atoms with Crippen LogP contribution in [0.15, 0.2) is 24.8 Å². The number of nitrogens with zero attached hydrogens (tertiary/aromatic N) is 1. The van der Waals surface area contributed by atoms with Gasteiger partial charge in [-0.05, 0) is 32.4 Å². The van der Waals surface area contributed by atoms with E-state index >= 15 is 0 Å². The van der Waals surface area contributed by atoms with Gasteiger partial charge in [-0.25, -0.2) is 0 Å². The van der Waals surface area contributed by atoms with E-state index in [9.17, 15) is 5.11 Å². The lowest BCUT2D eigenvalue weighted by atomic mass is 10.2. The molecule has 1 rings (SSSR count). The van der Waals surface area contributed by atoms with E-state index in [1.165, 1.54) is 0 Å². The molecule has 3 nitrogen and oxygen atoms in total. The molecule has 1 atom stereocenters. The van der Waals surface area contributed by atoms with E-state index in [1.807, 2.05) is 13.0 Å². The summed E-state index contributed by atoms with van der Waals surface area (Å²) in [5.74, 6) is 0.249. The number of hydrogen-bond acceptors (Lipinski definition) is 3. The quantitative estimate of drug-likeness (QED) is 0.726.